The van der Waals surface area contributed by atoms with Crippen molar-refractivity contribution in [1.29, 1.82) is 0 Å². The maximum atomic E-state index is 11.9. The van der Waals surface area contributed by atoms with E-state index in [-0.39, 0.29) is 5.91 Å². The van der Waals surface area contributed by atoms with E-state index in [1.165, 1.54) is 0 Å². The Morgan fingerprint density at radius 2 is 1.72 bits per heavy atom. The van der Waals surface area contributed by atoms with Crippen LogP contribution in [-0.4, -0.2) is 5.91 Å². The zero-order valence-corrected chi connectivity index (χ0v) is 11.0. The van der Waals surface area contributed by atoms with Crippen molar-refractivity contribution in [2.45, 2.75) is 20.8 Å². The lowest BCUT2D eigenvalue weighted by molar-refractivity contribution is -0.115. The molecule has 92 valence electrons. The molecular formula is C16H17NO. The van der Waals surface area contributed by atoms with E-state index in [4.69, 9.17) is 0 Å². The molecule has 0 aromatic heterocycles. The molecule has 2 aromatic rings. The molecule has 2 heteroatoms. The van der Waals surface area contributed by atoms with Crippen molar-refractivity contribution in [3.63, 3.8) is 0 Å². The zero-order chi connectivity index (χ0) is 13.1. The van der Waals surface area contributed by atoms with Gasteiger partial charge in [-0.3, -0.25) is 9.69 Å². The van der Waals surface area contributed by atoms with E-state index in [1.807, 2.05) is 62.4 Å². The minimum absolute atomic E-state index is 0.0231. The summed E-state index contributed by atoms with van der Waals surface area (Å²) in [6.07, 6.45) is 0. The van der Waals surface area contributed by atoms with Crippen LogP contribution in [0.2, 0.25) is 0 Å². The van der Waals surface area contributed by atoms with Crippen LogP contribution in [0.5, 0.6) is 0 Å². The second-order valence-corrected chi connectivity index (χ2v) is 4.48. The summed E-state index contributed by atoms with van der Waals surface area (Å²) in [5.41, 5.74) is 4.09. The third-order valence-electron chi connectivity index (χ3n) is 2.93. The third-order valence-corrected chi connectivity index (χ3v) is 2.93. The first-order chi connectivity index (χ1) is 8.59. The van der Waals surface area contributed by atoms with Crippen molar-refractivity contribution in [2.24, 2.45) is 0 Å². The van der Waals surface area contributed by atoms with Gasteiger partial charge in [0.25, 0.3) is 0 Å². The average molecular weight is 239 g/mol. The molecule has 1 amide bonds. The molecule has 0 aliphatic rings. The zero-order valence-electron chi connectivity index (χ0n) is 11.0. The quantitative estimate of drug-likeness (QED) is 0.776. The third kappa shape index (κ3) is 2.43. The highest BCUT2D eigenvalue weighted by Gasteiger charge is 2.15. The molecule has 0 unspecified atom stereocenters. The van der Waals surface area contributed by atoms with Crippen LogP contribution in [-0.2, 0) is 4.79 Å². The fraction of sp³-hybridized carbons (Fsp3) is 0.188. The molecule has 0 atom stereocenters. The number of anilines is 2. The summed E-state index contributed by atoms with van der Waals surface area (Å²) in [7, 11) is 0. The van der Waals surface area contributed by atoms with Gasteiger partial charge in [0.05, 0.1) is 5.69 Å². The normalized spacial score (nSPS) is 10.2. The fourth-order valence-electron chi connectivity index (χ4n) is 2.07. The van der Waals surface area contributed by atoms with E-state index in [9.17, 15) is 4.79 Å². The van der Waals surface area contributed by atoms with E-state index in [1.54, 1.807) is 11.8 Å². The molecule has 0 N–H and O–H groups in total. The van der Waals surface area contributed by atoms with Crippen LogP contribution in [0.25, 0.3) is 0 Å². The fourth-order valence-corrected chi connectivity index (χ4v) is 2.07. The minimum Gasteiger partial charge on any atom is -0.281 e. The number of carbonyl (C=O) groups is 1. The lowest BCUT2D eigenvalue weighted by atomic mass is 10.1. The first-order valence-corrected chi connectivity index (χ1v) is 6.02. The molecule has 0 spiro atoms. The topological polar surface area (TPSA) is 20.3 Å². The minimum atomic E-state index is 0.0231. The van der Waals surface area contributed by atoms with Gasteiger partial charge in [-0.1, -0.05) is 30.3 Å². The number of hydrogen-bond acceptors (Lipinski definition) is 1. The molecule has 0 saturated heterocycles. The number of carbonyl (C=O) groups excluding carboxylic acids is 1. The number of amides is 1. The SMILES string of the molecule is CC(=O)N(c1cccc(C)c1)c1ccccc1C. The van der Waals surface area contributed by atoms with Gasteiger partial charge in [0.2, 0.25) is 5.91 Å². The lowest BCUT2D eigenvalue weighted by Gasteiger charge is -2.23. The number of para-hydroxylation sites is 1. The van der Waals surface area contributed by atoms with Gasteiger partial charge in [0, 0.05) is 12.6 Å². The van der Waals surface area contributed by atoms with Gasteiger partial charge in [-0.15, -0.1) is 0 Å². The van der Waals surface area contributed by atoms with Gasteiger partial charge in [-0.05, 0) is 43.2 Å². The average Bonchev–Trinajstić information content (AvgIpc) is 2.32. The number of hydrogen-bond donors (Lipinski definition) is 0. The highest BCUT2D eigenvalue weighted by Crippen LogP contribution is 2.28. The van der Waals surface area contributed by atoms with Gasteiger partial charge in [0.15, 0.2) is 0 Å². The Labute approximate surface area is 108 Å². The second-order valence-electron chi connectivity index (χ2n) is 4.48. The Balaban J connectivity index is 2.54. The first-order valence-electron chi connectivity index (χ1n) is 6.02. The summed E-state index contributed by atoms with van der Waals surface area (Å²) in [6, 6.07) is 15.9. The molecule has 0 heterocycles. The Hall–Kier alpha value is -2.09. The van der Waals surface area contributed by atoms with Crippen LogP contribution in [0.3, 0.4) is 0 Å². The van der Waals surface area contributed by atoms with Gasteiger partial charge < -0.3 is 0 Å². The van der Waals surface area contributed by atoms with Crippen LogP contribution in [0.4, 0.5) is 11.4 Å². The van der Waals surface area contributed by atoms with Gasteiger partial charge in [0.1, 0.15) is 0 Å². The summed E-state index contributed by atoms with van der Waals surface area (Å²) < 4.78 is 0. The van der Waals surface area contributed by atoms with Gasteiger partial charge in [-0.2, -0.15) is 0 Å². The molecule has 0 fully saturated rings. The monoisotopic (exact) mass is 239 g/mol. The maximum Gasteiger partial charge on any atom is 0.228 e. The Morgan fingerprint density at radius 3 is 2.33 bits per heavy atom. The molecule has 2 rings (SSSR count). The Kier molecular flexibility index (Phi) is 3.47. The molecule has 0 aliphatic heterocycles. The second kappa shape index (κ2) is 5.05. The Bertz CT molecular complexity index is 575. The van der Waals surface area contributed by atoms with Gasteiger partial charge >= 0.3 is 0 Å². The summed E-state index contributed by atoms with van der Waals surface area (Å²) >= 11 is 0. The molecule has 0 saturated carbocycles. The summed E-state index contributed by atoms with van der Waals surface area (Å²) in [5.74, 6) is 0.0231. The van der Waals surface area contributed by atoms with E-state index in [0.29, 0.717) is 0 Å². The predicted molar refractivity (Wildman–Crippen MR) is 75.2 cm³/mol. The van der Waals surface area contributed by atoms with Crippen LogP contribution in [0.15, 0.2) is 48.5 Å². The van der Waals surface area contributed by atoms with Gasteiger partial charge in [-0.25, -0.2) is 0 Å². The van der Waals surface area contributed by atoms with Crippen molar-refractivity contribution in [1.82, 2.24) is 0 Å². The van der Waals surface area contributed by atoms with Crippen LogP contribution >= 0.6 is 0 Å². The summed E-state index contributed by atoms with van der Waals surface area (Å²) in [4.78, 5) is 13.7. The highest BCUT2D eigenvalue weighted by molar-refractivity contribution is 5.99. The Morgan fingerprint density at radius 1 is 1.00 bits per heavy atom. The van der Waals surface area contributed by atoms with Crippen LogP contribution in [0, 0.1) is 13.8 Å². The molecule has 0 bridgehead atoms. The maximum absolute atomic E-state index is 11.9. The molecule has 2 aromatic carbocycles. The predicted octanol–water partition coefficient (Wildman–Crippen LogP) is 3.99. The van der Waals surface area contributed by atoms with Crippen molar-refractivity contribution < 1.29 is 4.79 Å². The molecule has 0 aliphatic carbocycles. The highest BCUT2D eigenvalue weighted by atomic mass is 16.2. The number of rotatable bonds is 2. The smallest absolute Gasteiger partial charge is 0.228 e. The van der Waals surface area contributed by atoms with E-state index in [0.717, 1.165) is 22.5 Å². The first kappa shape index (κ1) is 12.4. The van der Waals surface area contributed by atoms with Crippen molar-refractivity contribution in [3.05, 3.63) is 59.7 Å². The molecular weight excluding hydrogens is 222 g/mol. The molecule has 2 nitrogen and oxygen atoms in total. The largest absolute Gasteiger partial charge is 0.281 e. The van der Waals surface area contributed by atoms with Crippen molar-refractivity contribution >= 4 is 17.3 Å². The van der Waals surface area contributed by atoms with Crippen molar-refractivity contribution in [3.8, 4) is 0 Å². The lowest BCUT2D eigenvalue weighted by Crippen LogP contribution is -2.23. The number of benzene rings is 2. The standard InChI is InChI=1S/C16H17NO/c1-12-7-6-9-15(11-12)17(14(3)18)16-10-5-4-8-13(16)2/h4-11H,1-3H3. The van der Waals surface area contributed by atoms with Crippen molar-refractivity contribution in [2.75, 3.05) is 4.90 Å². The number of aryl methyl sites for hydroxylation is 2. The summed E-state index contributed by atoms with van der Waals surface area (Å²) in [5, 5.41) is 0. The van der Waals surface area contributed by atoms with Crippen LogP contribution < -0.4 is 4.90 Å². The summed E-state index contributed by atoms with van der Waals surface area (Å²) in [6.45, 7) is 5.63. The molecule has 18 heavy (non-hydrogen) atoms. The number of nitrogens with zero attached hydrogens (tertiary/aromatic N) is 1. The van der Waals surface area contributed by atoms with E-state index < -0.39 is 0 Å². The molecule has 0 radical (unpaired) electrons. The van der Waals surface area contributed by atoms with Crippen LogP contribution in [0.1, 0.15) is 18.1 Å². The van der Waals surface area contributed by atoms with E-state index in [2.05, 4.69) is 0 Å². The van der Waals surface area contributed by atoms with E-state index >= 15 is 0 Å².